The lowest BCUT2D eigenvalue weighted by molar-refractivity contribution is -0.110. The molecule has 1 fully saturated rings. The summed E-state index contributed by atoms with van der Waals surface area (Å²) < 4.78 is 0. The molecule has 0 unspecified atom stereocenters. The molecule has 1 aliphatic rings. The largest absolute Gasteiger partial charge is 0.399 e. The van der Waals surface area contributed by atoms with E-state index in [1.165, 1.54) is 0 Å². The molecule has 98 valence electrons. The van der Waals surface area contributed by atoms with Crippen molar-refractivity contribution >= 4 is 11.6 Å². The SMILES string of the molecule is Cc1cc(C(=O)N2CC(O)(C(C)C)C2)ccc1N. The van der Waals surface area contributed by atoms with Crippen LogP contribution in [-0.2, 0) is 0 Å². The molecule has 4 nitrogen and oxygen atoms in total. The third-order valence-corrected chi connectivity index (χ3v) is 3.81. The van der Waals surface area contributed by atoms with Crippen LogP contribution in [0.25, 0.3) is 0 Å². The van der Waals surface area contributed by atoms with Crippen LogP contribution in [0.5, 0.6) is 0 Å². The van der Waals surface area contributed by atoms with Crippen molar-refractivity contribution in [3.63, 3.8) is 0 Å². The summed E-state index contributed by atoms with van der Waals surface area (Å²) in [4.78, 5) is 13.8. The van der Waals surface area contributed by atoms with Crippen LogP contribution in [-0.4, -0.2) is 34.6 Å². The van der Waals surface area contributed by atoms with Gasteiger partial charge in [-0.15, -0.1) is 0 Å². The first-order chi connectivity index (χ1) is 8.33. The molecule has 1 amide bonds. The molecule has 0 aromatic heterocycles. The number of likely N-dealkylation sites (tertiary alicyclic amines) is 1. The van der Waals surface area contributed by atoms with Gasteiger partial charge in [0.2, 0.25) is 0 Å². The smallest absolute Gasteiger partial charge is 0.254 e. The highest BCUT2D eigenvalue weighted by Crippen LogP contribution is 2.30. The third kappa shape index (κ3) is 2.08. The first-order valence-electron chi connectivity index (χ1n) is 6.21. The summed E-state index contributed by atoms with van der Waals surface area (Å²) in [5, 5.41) is 10.1. The highest BCUT2D eigenvalue weighted by Gasteiger charge is 2.45. The molecule has 0 radical (unpaired) electrons. The molecule has 0 aliphatic carbocycles. The van der Waals surface area contributed by atoms with Crippen LogP contribution in [0.4, 0.5) is 5.69 Å². The Morgan fingerprint density at radius 1 is 1.44 bits per heavy atom. The van der Waals surface area contributed by atoms with Crippen LogP contribution < -0.4 is 5.73 Å². The monoisotopic (exact) mass is 248 g/mol. The first kappa shape index (κ1) is 12.9. The number of carbonyl (C=O) groups excluding carboxylic acids is 1. The predicted octanol–water partition coefficient (Wildman–Crippen LogP) is 1.42. The van der Waals surface area contributed by atoms with Crippen LogP contribution in [0.15, 0.2) is 18.2 Å². The Balaban J connectivity index is 2.08. The fourth-order valence-electron chi connectivity index (χ4n) is 2.11. The summed E-state index contributed by atoms with van der Waals surface area (Å²) in [6, 6.07) is 5.28. The normalized spacial score (nSPS) is 17.7. The Labute approximate surface area is 107 Å². The van der Waals surface area contributed by atoms with E-state index in [1.807, 2.05) is 20.8 Å². The Hall–Kier alpha value is -1.55. The average Bonchev–Trinajstić information content (AvgIpc) is 2.27. The van der Waals surface area contributed by atoms with Crippen LogP contribution in [0.1, 0.15) is 29.8 Å². The molecule has 1 saturated heterocycles. The molecule has 3 N–H and O–H groups in total. The van der Waals surface area contributed by atoms with Crippen molar-refractivity contribution in [2.24, 2.45) is 5.92 Å². The van der Waals surface area contributed by atoms with E-state index >= 15 is 0 Å². The lowest BCUT2D eigenvalue weighted by atomic mass is 9.82. The molecule has 0 saturated carbocycles. The third-order valence-electron chi connectivity index (χ3n) is 3.81. The zero-order valence-electron chi connectivity index (χ0n) is 11.1. The number of aryl methyl sites for hydroxylation is 1. The maximum absolute atomic E-state index is 12.2. The summed E-state index contributed by atoms with van der Waals surface area (Å²) >= 11 is 0. The number of carbonyl (C=O) groups is 1. The molecule has 2 rings (SSSR count). The summed E-state index contributed by atoms with van der Waals surface area (Å²) in [7, 11) is 0. The lowest BCUT2D eigenvalue weighted by Gasteiger charge is -2.49. The Bertz CT molecular complexity index is 477. The van der Waals surface area contributed by atoms with Crippen LogP contribution in [0.2, 0.25) is 0 Å². The van der Waals surface area contributed by atoms with Gasteiger partial charge in [-0.25, -0.2) is 0 Å². The standard InChI is InChI=1S/C14H20N2O2/c1-9(2)14(18)7-16(8-14)13(17)11-4-5-12(15)10(3)6-11/h4-6,9,18H,7-8,15H2,1-3H3. The summed E-state index contributed by atoms with van der Waals surface area (Å²) in [5.74, 6) is 0.123. The predicted molar refractivity (Wildman–Crippen MR) is 71.3 cm³/mol. The number of nitrogens with zero attached hydrogens (tertiary/aromatic N) is 1. The van der Waals surface area contributed by atoms with Crippen LogP contribution in [0, 0.1) is 12.8 Å². The molecule has 0 bridgehead atoms. The number of rotatable bonds is 2. The number of benzene rings is 1. The van der Waals surface area contributed by atoms with Gasteiger partial charge < -0.3 is 15.7 Å². The van der Waals surface area contributed by atoms with Gasteiger partial charge in [-0.05, 0) is 36.6 Å². The minimum absolute atomic E-state index is 0.0385. The van der Waals surface area contributed by atoms with E-state index < -0.39 is 5.60 Å². The summed E-state index contributed by atoms with van der Waals surface area (Å²) in [6.07, 6.45) is 0. The van der Waals surface area contributed by atoms with Crippen LogP contribution >= 0.6 is 0 Å². The maximum atomic E-state index is 12.2. The number of hydrogen-bond donors (Lipinski definition) is 2. The van der Waals surface area contributed by atoms with Gasteiger partial charge in [0.1, 0.15) is 5.60 Å². The lowest BCUT2D eigenvalue weighted by Crippen LogP contribution is -2.65. The van der Waals surface area contributed by atoms with Crippen LogP contribution in [0.3, 0.4) is 0 Å². The number of anilines is 1. The second-order valence-electron chi connectivity index (χ2n) is 5.49. The molecular weight excluding hydrogens is 228 g/mol. The number of amides is 1. The average molecular weight is 248 g/mol. The van der Waals surface area contributed by atoms with E-state index in [4.69, 9.17) is 5.73 Å². The molecular formula is C14H20N2O2. The van der Waals surface area contributed by atoms with Gasteiger partial charge in [0.25, 0.3) is 5.91 Å². The number of aliphatic hydroxyl groups is 1. The summed E-state index contributed by atoms with van der Waals surface area (Å²) in [6.45, 7) is 6.64. The number of nitrogens with two attached hydrogens (primary N) is 1. The van der Waals surface area contributed by atoms with Crippen molar-refractivity contribution in [1.82, 2.24) is 4.90 Å². The molecule has 4 heteroatoms. The fraction of sp³-hybridized carbons (Fsp3) is 0.500. The highest BCUT2D eigenvalue weighted by atomic mass is 16.3. The quantitative estimate of drug-likeness (QED) is 0.778. The van der Waals surface area contributed by atoms with Gasteiger partial charge in [0, 0.05) is 11.3 Å². The van der Waals surface area contributed by atoms with Crippen molar-refractivity contribution in [3.05, 3.63) is 29.3 Å². The van der Waals surface area contributed by atoms with Gasteiger partial charge in [0.15, 0.2) is 0 Å². The molecule has 1 aromatic rings. The molecule has 1 heterocycles. The second-order valence-corrected chi connectivity index (χ2v) is 5.49. The van der Waals surface area contributed by atoms with E-state index in [0.717, 1.165) is 5.56 Å². The zero-order valence-corrected chi connectivity index (χ0v) is 11.1. The van der Waals surface area contributed by atoms with Gasteiger partial charge >= 0.3 is 0 Å². The molecule has 0 spiro atoms. The van der Waals surface area contributed by atoms with Gasteiger partial charge in [-0.1, -0.05) is 13.8 Å². The Morgan fingerprint density at radius 3 is 2.56 bits per heavy atom. The molecule has 1 aromatic carbocycles. The highest BCUT2D eigenvalue weighted by molar-refractivity contribution is 5.95. The number of hydrogen-bond acceptors (Lipinski definition) is 3. The first-order valence-corrected chi connectivity index (χ1v) is 6.21. The minimum Gasteiger partial charge on any atom is -0.399 e. The molecule has 18 heavy (non-hydrogen) atoms. The van der Waals surface area contributed by atoms with E-state index in [0.29, 0.717) is 24.3 Å². The fourth-order valence-corrected chi connectivity index (χ4v) is 2.11. The maximum Gasteiger partial charge on any atom is 0.254 e. The Kier molecular flexibility index (Phi) is 3.07. The zero-order chi connectivity index (χ0) is 13.5. The molecule has 1 aliphatic heterocycles. The van der Waals surface area contributed by atoms with Crippen molar-refractivity contribution in [2.75, 3.05) is 18.8 Å². The number of nitrogen functional groups attached to an aromatic ring is 1. The second kappa shape index (κ2) is 4.28. The van der Waals surface area contributed by atoms with E-state index in [2.05, 4.69) is 0 Å². The van der Waals surface area contributed by atoms with Crippen molar-refractivity contribution < 1.29 is 9.90 Å². The van der Waals surface area contributed by atoms with E-state index in [-0.39, 0.29) is 11.8 Å². The van der Waals surface area contributed by atoms with Crippen molar-refractivity contribution in [2.45, 2.75) is 26.4 Å². The van der Waals surface area contributed by atoms with Gasteiger partial charge in [-0.2, -0.15) is 0 Å². The van der Waals surface area contributed by atoms with E-state index in [1.54, 1.807) is 23.1 Å². The van der Waals surface area contributed by atoms with E-state index in [9.17, 15) is 9.90 Å². The van der Waals surface area contributed by atoms with Crippen molar-refractivity contribution in [3.8, 4) is 0 Å². The van der Waals surface area contributed by atoms with Gasteiger partial charge in [0.05, 0.1) is 13.1 Å². The molecule has 0 atom stereocenters. The van der Waals surface area contributed by atoms with Gasteiger partial charge in [-0.3, -0.25) is 4.79 Å². The summed E-state index contributed by atoms with van der Waals surface area (Å²) in [5.41, 5.74) is 7.23. The van der Waals surface area contributed by atoms with Crippen molar-refractivity contribution in [1.29, 1.82) is 0 Å². The topological polar surface area (TPSA) is 66.6 Å². The minimum atomic E-state index is -0.724. The Morgan fingerprint density at radius 2 is 2.06 bits per heavy atom. The number of β-amino-alcohol motifs (C(OH)–C–C–N with tert-alkyl or cyclic N) is 1.